The minimum Gasteiger partial charge on any atom is -0.497 e. The number of rotatable bonds is 6. The van der Waals surface area contributed by atoms with Crippen molar-refractivity contribution in [3.05, 3.63) is 93.6 Å². The number of anilines is 2. The fourth-order valence-corrected chi connectivity index (χ4v) is 4.09. The molecule has 0 radical (unpaired) electrons. The summed E-state index contributed by atoms with van der Waals surface area (Å²) >= 11 is 0. The van der Waals surface area contributed by atoms with Crippen LogP contribution in [0.4, 0.5) is 16.0 Å². The second-order valence-electron chi connectivity index (χ2n) is 8.04. The third-order valence-electron chi connectivity index (χ3n) is 5.83. The number of methoxy groups -OCH3 is 1. The number of benzene rings is 3. The molecule has 5 rings (SSSR count). The van der Waals surface area contributed by atoms with Gasteiger partial charge in [-0.15, -0.1) is 0 Å². The first-order valence-corrected chi connectivity index (χ1v) is 10.7. The molecule has 3 aromatic carbocycles. The van der Waals surface area contributed by atoms with Crippen molar-refractivity contribution >= 4 is 39.6 Å². The number of nitrogens with zero attached hydrogens (tertiary/aromatic N) is 2. The number of aromatic carboxylic acids is 1. The number of ether oxygens (including phenoxy) is 1. The molecule has 2 heterocycles. The molecule has 8 nitrogen and oxygen atoms in total. The molecule has 9 heteroatoms. The third kappa shape index (κ3) is 4.08. The topological polar surface area (TPSA) is 107 Å². The number of carboxylic acid groups (broad SMARTS) is 1. The maximum absolute atomic E-state index is 13.9. The van der Waals surface area contributed by atoms with Gasteiger partial charge in [0.25, 0.3) is 0 Å². The first-order valence-electron chi connectivity index (χ1n) is 10.7. The van der Waals surface area contributed by atoms with Crippen LogP contribution in [0.3, 0.4) is 0 Å². The highest BCUT2D eigenvalue weighted by Gasteiger charge is 2.20. The standard InChI is InChI=1S/C26H20FN3O5/c1-14-19-11-20-21(12-22(19)35-25(33)23(14)24(31)32)30(13-15-4-3-5-16(27)10-15)26(29-20)28-17-6-8-18(34-2)9-7-17/h3-12H,13H2,1-2H3,(H,28,29)(H,31,32). The van der Waals surface area contributed by atoms with Gasteiger partial charge in [0.1, 0.15) is 22.7 Å². The zero-order valence-electron chi connectivity index (χ0n) is 18.8. The van der Waals surface area contributed by atoms with Gasteiger partial charge < -0.3 is 24.1 Å². The molecule has 5 aromatic rings. The molecule has 0 unspecified atom stereocenters. The van der Waals surface area contributed by atoms with Gasteiger partial charge in [-0.3, -0.25) is 0 Å². The Kier molecular flexibility index (Phi) is 5.44. The smallest absolute Gasteiger partial charge is 0.351 e. The molecule has 2 N–H and O–H groups in total. The predicted molar refractivity (Wildman–Crippen MR) is 129 cm³/mol. The van der Waals surface area contributed by atoms with E-state index >= 15 is 0 Å². The summed E-state index contributed by atoms with van der Waals surface area (Å²) in [7, 11) is 1.58. The highest BCUT2D eigenvalue weighted by Crippen LogP contribution is 2.30. The van der Waals surface area contributed by atoms with Crippen molar-refractivity contribution in [2.45, 2.75) is 13.5 Å². The number of hydrogen-bond donors (Lipinski definition) is 2. The van der Waals surface area contributed by atoms with Gasteiger partial charge in [0.15, 0.2) is 0 Å². The molecule has 0 aliphatic carbocycles. The van der Waals surface area contributed by atoms with Crippen LogP contribution in [0.5, 0.6) is 5.75 Å². The molecule has 2 aromatic heterocycles. The van der Waals surface area contributed by atoms with Crippen molar-refractivity contribution < 1.29 is 23.4 Å². The van der Waals surface area contributed by atoms with Gasteiger partial charge in [-0.2, -0.15) is 0 Å². The molecule has 0 saturated heterocycles. The van der Waals surface area contributed by atoms with Gasteiger partial charge >= 0.3 is 11.6 Å². The number of carbonyl (C=O) groups is 1. The summed E-state index contributed by atoms with van der Waals surface area (Å²) in [4.78, 5) is 28.6. The van der Waals surface area contributed by atoms with Crippen molar-refractivity contribution in [3.63, 3.8) is 0 Å². The van der Waals surface area contributed by atoms with E-state index in [1.54, 1.807) is 38.3 Å². The molecule has 0 fully saturated rings. The average molecular weight is 473 g/mol. The van der Waals surface area contributed by atoms with Crippen LogP contribution in [-0.2, 0) is 6.54 Å². The van der Waals surface area contributed by atoms with E-state index in [4.69, 9.17) is 14.1 Å². The Balaban J connectivity index is 1.71. The number of nitrogens with one attached hydrogen (secondary N) is 1. The summed E-state index contributed by atoms with van der Waals surface area (Å²) in [6.07, 6.45) is 0. The predicted octanol–water partition coefficient (Wildman–Crippen LogP) is 5.09. The van der Waals surface area contributed by atoms with Crippen molar-refractivity contribution in [2.75, 3.05) is 12.4 Å². The van der Waals surface area contributed by atoms with Gasteiger partial charge in [-0.25, -0.2) is 19.0 Å². The summed E-state index contributed by atoms with van der Waals surface area (Å²) in [5, 5.41) is 13.2. The number of carboxylic acids is 1. The molecular weight excluding hydrogens is 453 g/mol. The molecule has 0 aliphatic rings. The van der Waals surface area contributed by atoms with Gasteiger partial charge in [0, 0.05) is 17.1 Å². The Labute approximate surface area is 198 Å². The van der Waals surface area contributed by atoms with Crippen LogP contribution in [0.15, 0.2) is 69.9 Å². The summed E-state index contributed by atoms with van der Waals surface area (Å²) in [6, 6.07) is 16.9. The average Bonchev–Trinajstić information content (AvgIpc) is 3.14. The Hall–Kier alpha value is -4.66. The first kappa shape index (κ1) is 22.1. The van der Waals surface area contributed by atoms with Crippen molar-refractivity contribution in [1.29, 1.82) is 0 Å². The lowest BCUT2D eigenvalue weighted by molar-refractivity contribution is 0.0691. The summed E-state index contributed by atoms with van der Waals surface area (Å²) in [5.41, 5.74) is 1.85. The molecule has 176 valence electrons. The van der Waals surface area contributed by atoms with Gasteiger partial charge in [0.05, 0.1) is 24.7 Å². The fourth-order valence-electron chi connectivity index (χ4n) is 4.09. The van der Waals surface area contributed by atoms with E-state index in [1.807, 2.05) is 28.8 Å². The molecule has 0 spiro atoms. The van der Waals surface area contributed by atoms with E-state index in [9.17, 15) is 19.1 Å². The SMILES string of the molecule is COc1ccc(Nc2nc3cc4c(C)c(C(=O)O)c(=O)oc4cc3n2Cc2cccc(F)c2)cc1. The van der Waals surface area contributed by atoms with Crippen molar-refractivity contribution in [3.8, 4) is 5.75 Å². The van der Waals surface area contributed by atoms with Crippen molar-refractivity contribution in [2.24, 2.45) is 0 Å². The second kappa shape index (κ2) is 8.60. The minimum absolute atomic E-state index is 0.237. The van der Waals surface area contributed by atoms with E-state index < -0.39 is 17.2 Å². The molecule has 0 bridgehead atoms. The lowest BCUT2D eigenvalue weighted by Gasteiger charge is -2.12. The Morgan fingerprint density at radius 3 is 2.63 bits per heavy atom. The molecule has 0 atom stereocenters. The van der Waals surface area contributed by atoms with Crippen LogP contribution < -0.4 is 15.7 Å². The van der Waals surface area contributed by atoms with Crippen molar-refractivity contribution in [1.82, 2.24) is 9.55 Å². The third-order valence-corrected chi connectivity index (χ3v) is 5.83. The fraction of sp³-hybridized carbons (Fsp3) is 0.115. The normalized spacial score (nSPS) is 11.2. The van der Waals surface area contributed by atoms with E-state index in [0.717, 1.165) is 5.69 Å². The quantitative estimate of drug-likeness (QED) is 0.331. The van der Waals surface area contributed by atoms with Crippen LogP contribution in [0.25, 0.3) is 22.0 Å². The number of imidazole rings is 1. The maximum Gasteiger partial charge on any atom is 0.351 e. The zero-order chi connectivity index (χ0) is 24.7. The van der Waals surface area contributed by atoms with Crippen LogP contribution in [-0.4, -0.2) is 27.7 Å². The molecular formula is C26H20FN3O5. The van der Waals surface area contributed by atoms with E-state index in [2.05, 4.69) is 5.32 Å². The van der Waals surface area contributed by atoms with Crippen LogP contribution in [0.1, 0.15) is 21.5 Å². The number of aromatic nitrogens is 2. The number of aryl methyl sites for hydroxylation is 1. The number of halogens is 1. The van der Waals surface area contributed by atoms with Gasteiger partial charge in [-0.05, 0) is 60.5 Å². The van der Waals surface area contributed by atoms with Crippen LogP contribution in [0, 0.1) is 12.7 Å². The van der Waals surface area contributed by atoms with Crippen LogP contribution in [0.2, 0.25) is 0 Å². The molecule has 0 aliphatic heterocycles. The van der Waals surface area contributed by atoms with E-state index in [-0.39, 0.29) is 17.9 Å². The van der Waals surface area contributed by atoms with Gasteiger partial charge in [-0.1, -0.05) is 12.1 Å². The van der Waals surface area contributed by atoms with E-state index in [1.165, 1.54) is 12.1 Å². The monoisotopic (exact) mass is 473 g/mol. The highest BCUT2D eigenvalue weighted by molar-refractivity contribution is 5.99. The van der Waals surface area contributed by atoms with E-state index in [0.29, 0.717) is 39.2 Å². The lowest BCUT2D eigenvalue weighted by Crippen LogP contribution is -2.15. The molecule has 35 heavy (non-hydrogen) atoms. The van der Waals surface area contributed by atoms with Gasteiger partial charge in [0.2, 0.25) is 5.95 Å². The second-order valence-corrected chi connectivity index (χ2v) is 8.04. The Morgan fingerprint density at radius 2 is 1.94 bits per heavy atom. The Bertz CT molecular complexity index is 1650. The lowest BCUT2D eigenvalue weighted by atomic mass is 10.1. The minimum atomic E-state index is -1.35. The first-order chi connectivity index (χ1) is 16.8. The number of fused-ring (bicyclic) bond motifs is 2. The largest absolute Gasteiger partial charge is 0.497 e. The summed E-state index contributed by atoms with van der Waals surface area (Å²) in [5.74, 6) is -0.528. The summed E-state index contributed by atoms with van der Waals surface area (Å²) < 4.78 is 26.3. The summed E-state index contributed by atoms with van der Waals surface area (Å²) in [6.45, 7) is 1.85. The highest BCUT2D eigenvalue weighted by atomic mass is 19.1. The zero-order valence-corrected chi connectivity index (χ0v) is 18.8. The Morgan fingerprint density at radius 1 is 1.17 bits per heavy atom. The maximum atomic E-state index is 13.9. The molecule has 0 saturated carbocycles. The molecule has 0 amide bonds. The van der Waals surface area contributed by atoms with Crippen LogP contribution >= 0.6 is 0 Å². The number of hydrogen-bond acceptors (Lipinski definition) is 6.